The maximum absolute atomic E-state index is 13.3. The predicted molar refractivity (Wildman–Crippen MR) is 151 cm³/mol. The number of hydrogen-bond donors (Lipinski definition) is 3. The Morgan fingerprint density at radius 2 is 1.82 bits per heavy atom. The van der Waals surface area contributed by atoms with E-state index in [2.05, 4.69) is 10.6 Å². The molecule has 39 heavy (non-hydrogen) atoms. The van der Waals surface area contributed by atoms with Gasteiger partial charge in [-0.25, -0.2) is 8.42 Å². The van der Waals surface area contributed by atoms with Crippen molar-refractivity contribution in [2.24, 2.45) is 0 Å². The van der Waals surface area contributed by atoms with Crippen LogP contribution in [0.4, 0.5) is 5.69 Å². The summed E-state index contributed by atoms with van der Waals surface area (Å²) in [4.78, 5) is 13.3. The number of sulfonamides is 1. The van der Waals surface area contributed by atoms with Crippen LogP contribution < -0.4 is 24.4 Å². The Hall–Kier alpha value is -3.60. The predicted octanol–water partition coefficient (Wildman–Crippen LogP) is 3.08. The smallest absolute Gasteiger partial charge is 0.251 e. The summed E-state index contributed by atoms with van der Waals surface area (Å²) in [6, 6.07) is 21.2. The highest BCUT2D eigenvalue weighted by Crippen LogP contribution is 2.35. The molecule has 0 saturated carbocycles. The van der Waals surface area contributed by atoms with Crippen molar-refractivity contribution in [3.8, 4) is 11.5 Å². The summed E-state index contributed by atoms with van der Waals surface area (Å²) in [5.41, 5.74) is 2.59. The zero-order valence-corrected chi connectivity index (χ0v) is 23.0. The van der Waals surface area contributed by atoms with Crippen LogP contribution in [0.5, 0.6) is 11.5 Å². The number of carbonyl (C=O) groups excluding carboxylic acids is 1. The van der Waals surface area contributed by atoms with Crippen molar-refractivity contribution in [3.63, 3.8) is 0 Å². The number of fused-ring (bicyclic) bond motifs is 1. The highest BCUT2D eigenvalue weighted by Gasteiger charge is 2.24. The molecule has 4 rings (SSSR count). The minimum absolute atomic E-state index is 0.0171. The number of aliphatic hydroxyl groups is 1. The molecule has 0 aromatic heterocycles. The van der Waals surface area contributed by atoms with Crippen molar-refractivity contribution >= 4 is 21.6 Å². The first-order valence-electron chi connectivity index (χ1n) is 13.0. The quantitative estimate of drug-likeness (QED) is 0.298. The van der Waals surface area contributed by atoms with Crippen LogP contribution in [-0.4, -0.2) is 57.7 Å². The molecule has 1 aliphatic rings. The third-order valence-electron chi connectivity index (χ3n) is 6.58. The number of aliphatic hydroxyl groups excluding tert-OH is 1. The molecule has 3 aromatic rings. The van der Waals surface area contributed by atoms with E-state index >= 15 is 0 Å². The number of rotatable bonds is 13. The number of nitrogens with zero attached hydrogens (tertiary/aromatic N) is 1. The fraction of sp³-hybridized carbons (Fsp3) is 0.345. The third kappa shape index (κ3) is 7.29. The number of ether oxygens (including phenoxy) is 2. The first-order chi connectivity index (χ1) is 18.8. The number of anilines is 1. The molecule has 1 amide bonds. The van der Waals surface area contributed by atoms with Crippen molar-refractivity contribution in [3.05, 3.63) is 89.5 Å². The van der Waals surface area contributed by atoms with E-state index < -0.39 is 28.1 Å². The van der Waals surface area contributed by atoms with E-state index in [4.69, 9.17) is 9.47 Å². The van der Waals surface area contributed by atoms with Gasteiger partial charge in [0.05, 0.1) is 23.6 Å². The molecular weight excluding hydrogens is 518 g/mol. The molecule has 0 unspecified atom stereocenters. The molecule has 0 fully saturated rings. The Kier molecular flexibility index (Phi) is 9.45. The summed E-state index contributed by atoms with van der Waals surface area (Å²) in [5, 5.41) is 17.3. The van der Waals surface area contributed by atoms with Crippen LogP contribution in [-0.2, 0) is 23.0 Å². The second-order valence-corrected chi connectivity index (χ2v) is 11.6. The maximum atomic E-state index is 13.3. The van der Waals surface area contributed by atoms with E-state index in [9.17, 15) is 18.3 Å². The second kappa shape index (κ2) is 13.0. The zero-order chi connectivity index (χ0) is 27.8. The monoisotopic (exact) mass is 553 g/mol. The first-order valence-corrected chi connectivity index (χ1v) is 14.6. The van der Waals surface area contributed by atoms with Crippen LogP contribution in [0.2, 0.25) is 0 Å². The molecular formula is C29H35N3O6S. The standard InChI is InChI=1S/C29H35N3O6S/c1-3-15-39(35,36)32(2)24-13-7-11-22(17-24)29(34)31-25(16-21-9-5-4-6-10-21)26(33)19-30-18-23-12-8-14-27-28(23)38-20-37-27/h4-14,17,25-26,30,33H,3,15-16,18-20H2,1-2H3,(H,31,34)/t25-,26+/m0/s1. The van der Waals surface area contributed by atoms with Crippen LogP contribution in [0.15, 0.2) is 72.8 Å². The Balaban J connectivity index is 1.45. The molecule has 10 heteroatoms. The van der Waals surface area contributed by atoms with Gasteiger partial charge < -0.3 is 25.2 Å². The minimum Gasteiger partial charge on any atom is -0.454 e. The van der Waals surface area contributed by atoms with Crippen molar-refractivity contribution in [1.82, 2.24) is 10.6 Å². The van der Waals surface area contributed by atoms with Crippen molar-refractivity contribution in [2.45, 2.75) is 38.5 Å². The normalized spacial score (nSPS) is 14.0. The molecule has 9 nitrogen and oxygen atoms in total. The fourth-order valence-electron chi connectivity index (χ4n) is 4.43. The van der Waals surface area contributed by atoms with E-state index in [-0.39, 0.29) is 19.1 Å². The molecule has 0 radical (unpaired) electrons. The lowest BCUT2D eigenvalue weighted by atomic mass is 10.00. The SMILES string of the molecule is CCCS(=O)(=O)N(C)c1cccc(C(=O)N[C@@H](Cc2ccccc2)[C@H](O)CNCc2cccc3c2OCO3)c1. The van der Waals surface area contributed by atoms with Crippen LogP contribution >= 0.6 is 0 Å². The number of benzene rings is 3. The van der Waals surface area contributed by atoms with Crippen molar-refractivity contribution < 1.29 is 27.8 Å². The Bertz CT molecular complexity index is 1370. The van der Waals surface area contributed by atoms with E-state index in [1.165, 1.54) is 11.4 Å². The van der Waals surface area contributed by atoms with Gasteiger partial charge in [-0.15, -0.1) is 0 Å². The highest BCUT2D eigenvalue weighted by atomic mass is 32.2. The summed E-state index contributed by atoms with van der Waals surface area (Å²) < 4.78 is 37.2. The molecule has 0 saturated heterocycles. The van der Waals surface area contributed by atoms with Gasteiger partial charge in [0.1, 0.15) is 0 Å². The number of para-hydroxylation sites is 1. The van der Waals surface area contributed by atoms with Gasteiger partial charge in [0, 0.05) is 31.3 Å². The molecule has 1 aliphatic heterocycles. The van der Waals surface area contributed by atoms with Gasteiger partial charge >= 0.3 is 0 Å². The lowest BCUT2D eigenvalue weighted by molar-refractivity contribution is 0.0830. The minimum atomic E-state index is -3.48. The average molecular weight is 554 g/mol. The van der Waals surface area contributed by atoms with Gasteiger partial charge in [-0.1, -0.05) is 55.5 Å². The largest absolute Gasteiger partial charge is 0.454 e. The van der Waals surface area contributed by atoms with Gasteiger partial charge in [-0.2, -0.15) is 0 Å². The Morgan fingerprint density at radius 1 is 1.05 bits per heavy atom. The van der Waals surface area contributed by atoms with Crippen LogP contribution in [0.3, 0.4) is 0 Å². The van der Waals surface area contributed by atoms with Crippen molar-refractivity contribution in [1.29, 1.82) is 0 Å². The van der Waals surface area contributed by atoms with Gasteiger partial charge in [0.25, 0.3) is 5.91 Å². The van der Waals surface area contributed by atoms with E-state index in [0.717, 1.165) is 11.1 Å². The number of nitrogens with one attached hydrogen (secondary N) is 2. The fourth-order valence-corrected chi connectivity index (χ4v) is 5.65. The molecule has 0 bridgehead atoms. The van der Waals surface area contributed by atoms with Gasteiger partial charge in [-0.05, 0) is 42.7 Å². The molecule has 1 heterocycles. The Morgan fingerprint density at radius 3 is 2.59 bits per heavy atom. The van der Waals surface area contributed by atoms with Gasteiger partial charge in [0.15, 0.2) is 11.5 Å². The number of hydrogen-bond acceptors (Lipinski definition) is 7. The summed E-state index contributed by atoms with van der Waals surface area (Å²) in [6.07, 6.45) is 0.00399. The molecule has 3 N–H and O–H groups in total. The summed E-state index contributed by atoms with van der Waals surface area (Å²) in [6.45, 7) is 2.66. The molecule has 0 spiro atoms. The van der Waals surface area contributed by atoms with Crippen LogP contribution in [0, 0.1) is 0 Å². The summed E-state index contributed by atoms with van der Waals surface area (Å²) >= 11 is 0. The third-order valence-corrected chi connectivity index (χ3v) is 8.55. The van der Waals surface area contributed by atoms with E-state index in [0.29, 0.717) is 42.1 Å². The second-order valence-electron chi connectivity index (χ2n) is 9.45. The van der Waals surface area contributed by atoms with E-state index in [1.54, 1.807) is 31.2 Å². The summed E-state index contributed by atoms with van der Waals surface area (Å²) in [7, 11) is -2.00. The average Bonchev–Trinajstić information content (AvgIpc) is 3.43. The lowest BCUT2D eigenvalue weighted by Crippen LogP contribution is -2.48. The Labute approximate surface area is 229 Å². The summed E-state index contributed by atoms with van der Waals surface area (Å²) in [5.74, 6) is 1.01. The number of carbonyl (C=O) groups is 1. The maximum Gasteiger partial charge on any atom is 0.251 e. The lowest BCUT2D eigenvalue weighted by Gasteiger charge is -2.25. The topological polar surface area (TPSA) is 117 Å². The first kappa shape index (κ1) is 28.4. The molecule has 208 valence electrons. The molecule has 3 aromatic carbocycles. The molecule has 0 aliphatic carbocycles. The van der Waals surface area contributed by atoms with Crippen molar-refractivity contribution in [2.75, 3.05) is 30.4 Å². The highest BCUT2D eigenvalue weighted by molar-refractivity contribution is 7.92. The van der Waals surface area contributed by atoms with Gasteiger partial charge in [0.2, 0.25) is 16.8 Å². The zero-order valence-electron chi connectivity index (χ0n) is 22.2. The number of amides is 1. The van der Waals surface area contributed by atoms with Gasteiger partial charge in [-0.3, -0.25) is 9.10 Å². The van der Waals surface area contributed by atoms with E-state index in [1.807, 2.05) is 48.5 Å². The molecule has 2 atom stereocenters. The van der Waals surface area contributed by atoms with Crippen LogP contribution in [0.1, 0.15) is 34.8 Å². The van der Waals surface area contributed by atoms with Crippen LogP contribution in [0.25, 0.3) is 0 Å².